The van der Waals surface area contributed by atoms with Crippen molar-refractivity contribution in [1.29, 1.82) is 5.26 Å². The van der Waals surface area contributed by atoms with E-state index in [9.17, 15) is 9.90 Å². The van der Waals surface area contributed by atoms with Gasteiger partial charge in [0.1, 0.15) is 23.3 Å². The van der Waals surface area contributed by atoms with E-state index in [4.69, 9.17) is 5.26 Å². The zero-order chi connectivity index (χ0) is 17.1. The summed E-state index contributed by atoms with van der Waals surface area (Å²) in [6.07, 6.45) is 1.59. The van der Waals surface area contributed by atoms with Crippen LogP contribution in [0.1, 0.15) is 16.1 Å². The Morgan fingerprint density at radius 2 is 2.33 bits per heavy atom. The molecular formula is C16H15N5O2S. The van der Waals surface area contributed by atoms with E-state index >= 15 is 0 Å². The molecule has 0 unspecified atom stereocenters. The fourth-order valence-electron chi connectivity index (χ4n) is 2.36. The molecule has 3 heterocycles. The number of carbonyl (C=O) groups excluding carboxylic acids is 1. The Morgan fingerprint density at radius 3 is 2.96 bits per heavy atom. The maximum atomic E-state index is 12.5. The molecule has 8 heteroatoms. The van der Waals surface area contributed by atoms with Gasteiger partial charge in [0.2, 0.25) is 0 Å². The minimum absolute atomic E-state index is 0.0861. The van der Waals surface area contributed by atoms with Crippen LogP contribution in [-0.2, 0) is 13.6 Å². The predicted molar refractivity (Wildman–Crippen MR) is 90.7 cm³/mol. The van der Waals surface area contributed by atoms with E-state index < -0.39 is 0 Å². The summed E-state index contributed by atoms with van der Waals surface area (Å²) in [6, 6.07) is 9.18. The molecule has 0 atom stereocenters. The number of nitrogens with one attached hydrogen (secondary N) is 1. The lowest BCUT2D eigenvalue weighted by molar-refractivity contribution is 0.101. The summed E-state index contributed by atoms with van der Waals surface area (Å²) in [5, 5.41) is 27.3. The molecule has 0 saturated carbocycles. The van der Waals surface area contributed by atoms with Crippen molar-refractivity contribution in [3.8, 4) is 16.6 Å². The van der Waals surface area contributed by atoms with Crippen LogP contribution in [0.2, 0.25) is 0 Å². The van der Waals surface area contributed by atoms with E-state index in [0.29, 0.717) is 17.1 Å². The SMILES string of the molecule is Cn1cc(C#N)cc1C(=O)Nc1cc(-c2cccs2)nn1CCO. The van der Waals surface area contributed by atoms with Gasteiger partial charge in [0.15, 0.2) is 0 Å². The van der Waals surface area contributed by atoms with Crippen molar-refractivity contribution in [1.82, 2.24) is 14.3 Å². The van der Waals surface area contributed by atoms with Gasteiger partial charge in [-0.15, -0.1) is 11.3 Å². The third kappa shape index (κ3) is 3.08. The molecule has 0 fully saturated rings. The normalized spacial score (nSPS) is 10.5. The van der Waals surface area contributed by atoms with Gasteiger partial charge in [-0.1, -0.05) is 6.07 Å². The number of anilines is 1. The van der Waals surface area contributed by atoms with Crippen molar-refractivity contribution in [2.45, 2.75) is 6.54 Å². The van der Waals surface area contributed by atoms with Crippen molar-refractivity contribution >= 4 is 23.1 Å². The highest BCUT2D eigenvalue weighted by Gasteiger charge is 2.16. The molecule has 0 bridgehead atoms. The lowest BCUT2D eigenvalue weighted by Gasteiger charge is -2.08. The first-order valence-corrected chi connectivity index (χ1v) is 8.10. The number of rotatable bonds is 5. The molecule has 24 heavy (non-hydrogen) atoms. The number of hydrogen-bond acceptors (Lipinski definition) is 5. The van der Waals surface area contributed by atoms with Crippen molar-refractivity contribution in [3.63, 3.8) is 0 Å². The first kappa shape index (κ1) is 16.0. The molecule has 3 aromatic rings. The largest absolute Gasteiger partial charge is 0.394 e. The number of amides is 1. The van der Waals surface area contributed by atoms with Crippen LogP contribution < -0.4 is 5.32 Å². The molecule has 1 amide bonds. The minimum Gasteiger partial charge on any atom is -0.394 e. The van der Waals surface area contributed by atoms with Crippen LogP contribution in [0.15, 0.2) is 35.8 Å². The summed E-state index contributed by atoms with van der Waals surface area (Å²) >= 11 is 1.55. The zero-order valence-corrected chi connectivity index (χ0v) is 13.7. The highest BCUT2D eigenvalue weighted by molar-refractivity contribution is 7.13. The van der Waals surface area contributed by atoms with Crippen molar-refractivity contribution in [3.05, 3.63) is 47.1 Å². The van der Waals surface area contributed by atoms with Crippen LogP contribution in [0.3, 0.4) is 0 Å². The number of aliphatic hydroxyl groups excluding tert-OH is 1. The molecular weight excluding hydrogens is 326 g/mol. The Morgan fingerprint density at radius 1 is 1.50 bits per heavy atom. The first-order chi connectivity index (χ1) is 11.6. The lowest BCUT2D eigenvalue weighted by atomic mass is 10.3. The van der Waals surface area contributed by atoms with E-state index in [1.807, 2.05) is 23.6 Å². The van der Waals surface area contributed by atoms with Gasteiger partial charge in [-0.25, -0.2) is 4.68 Å². The van der Waals surface area contributed by atoms with Crippen LogP contribution >= 0.6 is 11.3 Å². The van der Waals surface area contributed by atoms with Crippen LogP contribution in [0, 0.1) is 11.3 Å². The van der Waals surface area contributed by atoms with Gasteiger partial charge in [0, 0.05) is 19.3 Å². The average molecular weight is 341 g/mol. The first-order valence-electron chi connectivity index (χ1n) is 7.22. The molecule has 7 nitrogen and oxygen atoms in total. The van der Waals surface area contributed by atoms with E-state index in [-0.39, 0.29) is 19.1 Å². The minimum atomic E-state index is -0.337. The predicted octanol–water partition coefficient (Wildman–Crippen LogP) is 2.07. The lowest BCUT2D eigenvalue weighted by Crippen LogP contribution is -2.18. The van der Waals surface area contributed by atoms with Gasteiger partial charge >= 0.3 is 0 Å². The second-order valence-corrected chi connectivity index (χ2v) is 6.08. The summed E-state index contributed by atoms with van der Waals surface area (Å²) in [7, 11) is 1.71. The van der Waals surface area contributed by atoms with Crippen molar-refractivity contribution in [2.75, 3.05) is 11.9 Å². The highest BCUT2D eigenvalue weighted by Crippen LogP contribution is 2.26. The quantitative estimate of drug-likeness (QED) is 0.742. The molecule has 0 aliphatic rings. The second-order valence-electron chi connectivity index (χ2n) is 5.13. The summed E-state index contributed by atoms with van der Waals surface area (Å²) in [4.78, 5) is 13.5. The molecule has 0 aliphatic carbocycles. The maximum Gasteiger partial charge on any atom is 0.273 e. The molecule has 3 rings (SSSR count). The number of carbonyl (C=O) groups is 1. The number of nitrogens with zero attached hydrogens (tertiary/aromatic N) is 4. The molecule has 0 radical (unpaired) electrons. The van der Waals surface area contributed by atoms with Crippen LogP contribution in [-0.4, -0.2) is 32.0 Å². The summed E-state index contributed by atoms with van der Waals surface area (Å²) in [5.74, 6) is 0.160. The van der Waals surface area contributed by atoms with Crippen LogP contribution in [0.5, 0.6) is 0 Å². The Kier molecular flexibility index (Phi) is 4.46. The van der Waals surface area contributed by atoms with E-state index in [0.717, 1.165) is 10.6 Å². The molecule has 0 saturated heterocycles. The average Bonchev–Trinajstić information content (AvgIpc) is 3.27. The second kappa shape index (κ2) is 6.70. The Balaban J connectivity index is 1.89. The zero-order valence-electron chi connectivity index (χ0n) is 12.9. The number of aliphatic hydroxyl groups is 1. The van der Waals surface area contributed by atoms with Crippen LogP contribution in [0.25, 0.3) is 10.6 Å². The fraction of sp³-hybridized carbons (Fsp3) is 0.188. The number of thiophene rings is 1. The summed E-state index contributed by atoms with van der Waals surface area (Å²) < 4.78 is 3.15. The number of aryl methyl sites for hydroxylation is 1. The molecule has 3 aromatic heterocycles. The van der Waals surface area contributed by atoms with E-state index in [1.165, 1.54) is 6.07 Å². The number of nitriles is 1. The van der Waals surface area contributed by atoms with E-state index in [1.54, 1.807) is 39.9 Å². The highest BCUT2D eigenvalue weighted by atomic mass is 32.1. The number of aromatic nitrogens is 3. The smallest absolute Gasteiger partial charge is 0.273 e. The summed E-state index contributed by atoms with van der Waals surface area (Å²) in [6.45, 7) is 0.189. The Labute approximate surface area is 142 Å². The monoisotopic (exact) mass is 341 g/mol. The van der Waals surface area contributed by atoms with Gasteiger partial charge < -0.3 is 15.0 Å². The van der Waals surface area contributed by atoms with Crippen LogP contribution in [0.4, 0.5) is 5.82 Å². The Bertz CT molecular complexity index is 902. The third-order valence-electron chi connectivity index (χ3n) is 3.47. The maximum absolute atomic E-state index is 12.5. The topological polar surface area (TPSA) is 95.9 Å². The Hall–Kier alpha value is -2.89. The van der Waals surface area contributed by atoms with Gasteiger partial charge in [0.25, 0.3) is 5.91 Å². The standard InChI is InChI=1S/C16H15N5O2S/c1-20-10-11(9-17)7-13(20)16(23)18-15-8-12(14-3-2-6-24-14)19-21(15)4-5-22/h2-3,6-8,10,22H,4-5H2,1H3,(H,18,23). The summed E-state index contributed by atoms with van der Waals surface area (Å²) in [5.41, 5.74) is 1.53. The van der Waals surface area contributed by atoms with Crippen molar-refractivity contribution in [2.24, 2.45) is 7.05 Å². The molecule has 0 aromatic carbocycles. The molecule has 0 spiro atoms. The molecule has 0 aliphatic heterocycles. The fourth-order valence-corrected chi connectivity index (χ4v) is 3.04. The van der Waals surface area contributed by atoms with Gasteiger partial charge in [-0.2, -0.15) is 10.4 Å². The van der Waals surface area contributed by atoms with Crippen molar-refractivity contribution < 1.29 is 9.90 Å². The van der Waals surface area contributed by atoms with Gasteiger partial charge in [-0.05, 0) is 17.5 Å². The molecule has 2 N–H and O–H groups in total. The van der Waals surface area contributed by atoms with Gasteiger partial charge in [0.05, 0.1) is 23.6 Å². The van der Waals surface area contributed by atoms with E-state index in [2.05, 4.69) is 10.4 Å². The van der Waals surface area contributed by atoms with Gasteiger partial charge in [-0.3, -0.25) is 4.79 Å². The number of hydrogen-bond donors (Lipinski definition) is 2. The third-order valence-corrected chi connectivity index (χ3v) is 4.37. The molecule has 122 valence electrons.